The predicted molar refractivity (Wildman–Crippen MR) is 120 cm³/mol. The number of carbonyl (C=O) groups is 1. The fraction of sp³-hybridized carbons (Fsp3) is 0.391. The second-order valence-electron chi connectivity index (χ2n) is 7.21. The minimum Gasteiger partial charge on any atom is -0.357 e. The second-order valence-corrected chi connectivity index (χ2v) is 7.21. The number of halogens is 1. The topological polar surface area (TPSA) is 68.8 Å². The van der Waals surface area contributed by atoms with E-state index in [4.69, 9.17) is 4.99 Å². The molecule has 0 bridgehead atoms. The highest BCUT2D eigenvalue weighted by Gasteiger charge is 2.14. The van der Waals surface area contributed by atoms with Gasteiger partial charge in [0.15, 0.2) is 5.96 Å². The quantitative estimate of drug-likeness (QED) is 0.437. The summed E-state index contributed by atoms with van der Waals surface area (Å²) < 4.78 is 13.3. The van der Waals surface area contributed by atoms with E-state index in [2.05, 4.69) is 20.9 Å². The Morgan fingerprint density at radius 1 is 1.13 bits per heavy atom. The van der Waals surface area contributed by atoms with Crippen molar-refractivity contribution in [2.75, 3.05) is 40.8 Å². The third-order valence-electron chi connectivity index (χ3n) is 4.77. The molecule has 30 heavy (non-hydrogen) atoms. The molecule has 0 radical (unpaired) electrons. The Bertz CT molecular complexity index is 836. The van der Waals surface area contributed by atoms with E-state index in [1.807, 2.05) is 39.2 Å². The Kier molecular flexibility index (Phi) is 9.28. The van der Waals surface area contributed by atoms with E-state index in [1.54, 1.807) is 25.2 Å². The van der Waals surface area contributed by atoms with E-state index < -0.39 is 0 Å². The Morgan fingerprint density at radius 3 is 2.50 bits per heavy atom. The average molecular weight is 414 g/mol. The van der Waals surface area contributed by atoms with E-state index in [-0.39, 0.29) is 17.8 Å². The van der Waals surface area contributed by atoms with Gasteiger partial charge in [-0.3, -0.25) is 9.79 Å². The van der Waals surface area contributed by atoms with Gasteiger partial charge in [-0.2, -0.15) is 0 Å². The molecule has 2 aromatic carbocycles. The van der Waals surface area contributed by atoms with Crippen molar-refractivity contribution in [2.45, 2.75) is 19.4 Å². The summed E-state index contributed by atoms with van der Waals surface area (Å²) in [5, 5.41) is 9.25. The number of hydrogen-bond donors (Lipinski definition) is 3. The zero-order valence-corrected chi connectivity index (χ0v) is 18.2. The van der Waals surface area contributed by atoms with Crippen LogP contribution in [0.4, 0.5) is 4.39 Å². The van der Waals surface area contributed by atoms with Crippen LogP contribution in [-0.2, 0) is 6.42 Å². The number of benzene rings is 2. The van der Waals surface area contributed by atoms with Crippen LogP contribution in [0.25, 0.3) is 0 Å². The molecule has 0 aliphatic carbocycles. The highest BCUT2D eigenvalue weighted by molar-refractivity contribution is 5.94. The van der Waals surface area contributed by atoms with Gasteiger partial charge in [-0.25, -0.2) is 4.39 Å². The summed E-state index contributed by atoms with van der Waals surface area (Å²) in [6.07, 6.45) is 0.768. The maximum atomic E-state index is 13.3. The van der Waals surface area contributed by atoms with Crippen LogP contribution >= 0.6 is 0 Å². The van der Waals surface area contributed by atoms with E-state index in [9.17, 15) is 9.18 Å². The van der Waals surface area contributed by atoms with Crippen molar-refractivity contribution in [3.63, 3.8) is 0 Å². The van der Waals surface area contributed by atoms with Gasteiger partial charge < -0.3 is 20.9 Å². The molecule has 0 saturated carbocycles. The molecule has 162 valence electrons. The van der Waals surface area contributed by atoms with Gasteiger partial charge in [0.2, 0.25) is 0 Å². The van der Waals surface area contributed by atoms with Gasteiger partial charge in [-0.15, -0.1) is 0 Å². The lowest BCUT2D eigenvalue weighted by atomic mass is 10.1. The number of carbonyl (C=O) groups excluding carboxylic acids is 1. The molecule has 0 aliphatic rings. The molecule has 1 amide bonds. The molecule has 0 aliphatic heterocycles. The number of nitrogens with one attached hydrogen (secondary N) is 3. The van der Waals surface area contributed by atoms with Crippen LogP contribution in [0.3, 0.4) is 0 Å². The molecule has 0 saturated heterocycles. The van der Waals surface area contributed by atoms with Crippen LogP contribution in [0.15, 0.2) is 53.5 Å². The Hall–Kier alpha value is -2.93. The van der Waals surface area contributed by atoms with Crippen molar-refractivity contribution in [3.8, 4) is 0 Å². The molecule has 0 heterocycles. The highest BCUT2D eigenvalue weighted by atomic mass is 19.1. The summed E-state index contributed by atoms with van der Waals surface area (Å²) in [6, 6.07) is 14.2. The summed E-state index contributed by atoms with van der Waals surface area (Å²) in [6.45, 7) is 4.00. The fourth-order valence-corrected chi connectivity index (χ4v) is 3.11. The van der Waals surface area contributed by atoms with Crippen molar-refractivity contribution in [2.24, 2.45) is 4.99 Å². The number of likely N-dealkylation sites (N-methyl/N-ethyl adjacent to an activating group) is 1. The number of guanidine groups is 1. The summed E-state index contributed by atoms with van der Waals surface area (Å²) in [7, 11) is 5.61. The zero-order valence-electron chi connectivity index (χ0n) is 18.2. The minimum absolute atomic E-state index is 0.0466. The van der Waals surface area contributed by atoms with Crippen molar-refractivity contribution >= 4 is 11.9 Å². The number of hydrogen-bond acceptors (Lipinski definition) is 3. The number of rotatable bonds is 9. The smallest absolute Gasteiger partial charge is 0.251 e. The maximum Gasteiger partial charge on any atom is 0.251 e. The van der Waals surface area contributed by atoms with Gasteiger partial charge >= 0.3 is 0 Å². The molecular formula is C23H32FN5O. The largest absolute Gasteiger partial charge is 0.357 e. The number of nitrogens with zero attached hydrogens (tertiary/aromatic N) is 2. The SMILES string of the molecule is CCNC(=NCC(c1ccc(F)cc1)N(C)C)NCCc1cccc(C(=O)NC)c1. The van der Waals surface area contributed by atoms with Gasteiger partial charge in [0, 0.05) is 25.7 Å². The van der Waals surface area contributed by atoms with Crippen LogP contribution in [0.5, 0.6) is 0 Å². The molecule has 1 unspecified atom stereocenters. The van der Waals surface area contributed by atoms with Crippen LogP contribution in [0, 0.1) is 5.82 Å². The van der Waals surface area contributed by atoms with Crippen LogP contribution in [0.1, 0.15) is 34.5 Å². The van der Waals surface area contributed by atoms with Crippen LogP contribution in [-0.4, -0.2) is 57.5 Å². The summed E-state index contributed by atoms with van der Waals surface area (Å²) in [5.41, 5.74) is 2.76. The Labute approximate surface area is 178 Å². The van der Waals surface area contributed by atoms with Gasteiger partial charge in [-0.1, -0.05) is 24.3 Å². The maximum absolute atomic E-state index is 13.3. The van der Waals surface area contributed by atoms with Gasteiger partial charge in [0.25, 0.3) is 5.91 Å². The standard InChI is InChI=1S/C23H32FN5O/c1-5-26-23(27-14-13-17-7-6-8-19(15-17)22(30)25-2)28-16-21(29(3)4)18-9-11-20(24)12-10-18/h6-12,15,21H,5,13-14,16H2,1-4H3,(H,25,30)(H2,26,27,28). The lowest BCUT2D eigenvalue weighted by Gasteiger charge is -2.23. The van der Waals surface area contributed by atoms with Crippen molar-refractivity contribution in [3.05, 3.63) is 71.0 Å². The minimum atomic E-state index is -0.241. The van der Waals surface area contributed by atoms with Gasteiger partial charge in [0.05, 0.1) is 12.6 Å². The van der Waals surface area contributed by atoms with E-state index in [1.165, 1.54) is 12.1 Å². The first-order chi connectivity index (χ1) is 14.4. The zero-order chi connectivity index (χ0) is 21.9. The first kappa shape index (κ1) is 23.3. The molecule has 6 nitrogen and oxygen atoms in total. The summed E-state index contributed by atoms with van der Waals surface area (Å²) in [4.78, 5) is 18.6. The van der Waals surface area contributed by atoms with Crippen molar-refractivity contribution in [1.29, 1.82) is 0 Å². The molecule has 2 aromatic rings. The van der Waals surface area contributed by atoms with E-state index in [0.29, 0.717) is 18.7 Å². The molecule has 0 spiro atoms. The van der Waals surface area contributed by atoms with E-state index >= 15 is 0 Å². The summed E-state index contributed by atoms with van der Waals surface area (Å²) >= 11 is 0. The molecule has 2 rings (SSSR count). The fourth-order valence-electron chi connectivity index (χ4n) is 3.11. The molecular weight excluding hydrogens is 381 g/mol. The van der Waals surface area contributed by atoms with Crippen molar-refractivity contribution < 1.29 is 9.18 Å². The van der Waals surface area contributed by atoms with E-state index in [0.717, 1.165) is 30.1 Å². The highest BCUT2D eigenvalue weighted by Crippen LogP contribution is 2.19. The molecule has 3 N–H and O–H groups in total. The molecule has 1 atom stereocenters. The normalized spacial score (nSPS) is 12.5. The first-order valence-electron chi connectivity index (χ1n) is 10.2. The third-order valence-corrected chi connectivity index (χ3v) is 4.77. The second kappa shape index (κ2) is 11.9. The molecule has 7 heteroatoms. The number of amides is 1. The Balaban J connectivity index is 1.99. The van der Waals surface area contributed by atoms with Gasteiger partial charge in [0.1, 0.15) is 5.82 Å². The van der Waals surface area contributed by atoms with Gasteiger partial charge in [-0.05, 0) is 62.8 Å². The lowest BCUT2D eigenvalue weighted by molar-refractivity contribution is 0.0963. The van der Waals surface area contributed by atoms with Crippen molar-refractivity contribution in [1.82, 2.24) is 20.9 Å². The lowest BCUT2D eigenvalue weighted by Crippen LogP contribution is -2.39. The van der Waals surface area contributed by atoms with Crippen LogP contribution < -0.4 is 16.0 Å². The van der Waals surface area contributed by atoms with Crippen LogP contribution in [0.2, 0.25) is 0 Å². The number of aliphatic imine (C=N–C) groups is 1. The third kappa shape index (κ3) is 7.15. The summed E-state index contributed by atoms with van der Waals surface area (Å²) in [5.74, 6) is 0.402. The average Bonchev–Trinajstić information content (AvgIpc) is 2.74. The predicted octanol–water partition coefficient (Wildman–Crippen LogP) is 2.59. The monoisotopic (exact) mass is 413 g/mol. The first-order valence-corrected chi connectivity index (χ1v) is 10.2. The Morgan fingerprint density at radius 2 is 1.87 bits per heavy atom. The molecule has 0 fully saturated rings. The molecule has 0 aromatic heterocycles.